The normalized spacial score (nSPS) is 12.3. The van der Waals surface area contributed by atoms with Gasteiger partial charge in [-0.25, -0.2) is 0 Å². The summed E-state index contributed by atoms with van der Waals surface area (Å²) in [5.74, 6) is -2.47. The first-order chi connectivity index (χ1) is 14.4. The van der Waals surface area contributed by atoms with Crippen molar-refractivity contribution in [2.75, 3.05) is 0 Å². The molecular formula is C26H20N2O2. The molecule has 4 nitrogen and oxygen atoms in total. The summed E-state index contributed by atoms with van der Waals surface area (Å²) < 4.78 is 0. The number of rotatable bonds is 6. The van der Waals surface area contributed by atoms with E-state index in [1.165, 1.54) is 24.3 Å². The standard InChI is InChI=1S/C26H20N2O2/c1-17-3-7-19(8-4-17)23(15-27)25(29)21-11-13-22(14-12-21)26(30)24(16-28)20-9-5-18(2)6-10-20/h3-14,23-24H,1-2H3. The topological polar surface area (TPSA) is 81.7 Å². The van der Waals surface area contributed by atoms with E-state index in [4.69, 9.17) is 0 Å². The van der Waals surface area contributed by atoms with Crippen molar-refractivity contribution in [3.63, 3.8) is 0 Å². The Morgan fingerprint density at radius 2 is 0.900 bits per heavy atom. The van der Waals surface area contributed by atoms with E-state index in [2.05, 4.69) is 12.1 Å². The molecule has 0 radical (unpaired) electrons. The van der Waals surface area contributed by atoms with E-state index in [1.54, 1.807) is 24.3 Å². The highest BCUT2D eigenvalue weighted by molar-refractivity contribution is 6.05. The average Bonchev–Trinajstić information content (AvgIpc) is 2.77. The molecule has 0 heterocycles. The lowest BCUT2D eigenvalue weighted by molar-refractivity contribution is 0.0967. The van der Waals surface area contributed by atoms with E-state index >= 15 is 0 Å². The molecule has 3 rings (SSSR count). The Morgan fingerprint density at radius 3 is 1.17 bits per heavy atom. The Kier molecular flexibility index (Phi) is 6.20. The Bertz CT molecular complexity index is 1050. The van der Waals surface area contributed by atoms with Crippen LogP contribution >= 0.6 is 0 Å². The minimum Gasteiger partial charge on any atom is -0.292 e. The summed E-state index contributed by atoms with van der Waals surface area (Å²) >= 11 is 0. The van der Waals surface area contributed by atoms with Crippen LogP contribution in [0.1, 0.15) is 54.8 Å². The van der Waals surface area contributed by atoms with Crippen LogP contribution in [0.15, 0.2) is 72.8 Å². The molecule has 0 aliphatic heterocycles. The Hall–Kier alpha value is -4.02. The van der Waals surface area contributed by atoms with Gasteiger partial charge in [0.05, 0.1) is 12.1 Å². The molecule has 0 saturated heterocycles. The second-order valence-corrected chi connectivity index (χ2v) is 7.25. The van der Waals surface area contributed by atoms with Crippen LogP contribution in [-0.2, 0) is 0 Å². The largest absolute Gasteiger partial charge is 0.292 e. The predicted molar refractivity (Wildman–Crippen MR) is 114 cm³/mol. The van der Waals surface area contributed by atoms with Crippen molar-refractivity contribution in [3.05, 3.63) is 106 Å². The molecule has 0 fully saturated rings. The molecule has 0 spiro atoms. The van der Waals surface area contributed by atoms with Crippen molar-refractivity contribution in [1.29, 1.82) is 10.5 Å². The zero-order chi connectivity index (χ0) is 21.7. The summed E-state index contributed by atoms with van der Waals surface area (Å²) in [5, 5.41) is 19.0. The number of nitrogens with zero attached hydrogens (tertiary/aromatic N) is 2. The van der Waals surface area contributed by atoms with Gasteiger partial charge in [0.1, 0.15) is 11.8 Å². The molecule has 0 bridgehead atoms. The minimum atomic E-state index is -0.911. The van der Waals surface area contributed by atoms with Crippen LogP contribution in [0.5, 0.6) is 0 Å². The summed E-state index contributed by atoms with van der Waals surface area (Å²) in [6, 6.07) is 24.8. The average molecular weight is 392 g/mol. The van der Waals surface area contributed by atoms with E-state index in [1.807, 2.05) is 38.1 Å². The molecular weight excluding hydrogens is 372 g/mol. The molecule has 0 amide bonds. The van der Waals surface area contributed by atoms with Gasteiger partial charge in [-0.3, -0.25) is 9.59 Å². The maximum atomic E-state index is 12.8. The fourth-order valence-electron chi connectivity index (χ4n) is 3.22. The van der Waals surface area contributed by atoms with Crippen LogP contribution in [0, 0.1) is 36.5 Å². The predicted octanol–water partition coefficient (Wildman–Crippen LogP) is 5.28. The third kappa shape index (κ3) is 4.35. The molecule has 2 atom stereocenters. The first kappa shape index (κ1) is 20.7. The third-order valence-corrected chi connectivity index (χ3v) is 5.06. The van der Waals surface area contributed by atoms with Crippen LogP contribution in [0.4, 0.5) is 0 Å². The minimum absolute atomic E-state index is 0.323. The van der Waals surface area contributed by atoms with Gasteiger partial charge in [-0.2, -0.15) is 10.5 Å². The fourth-order valence-corrected chi connectivity index (χ4v) is 3.22. The lowest BCUT2D eigenvalue weighted by Crippen LogP contribution is -2.13. The molecule has 30 heavy (non-hydrogen) atoms. The zero-order valence-corrected chi connectivity index (χ0v) is 16.8. The molecule has 146 valence electrons. The fraction of sp³-hybridized carbons (Fsp3) is 0.154. The molecule has 0 N–H and O–H groups in total. The summed E-state index contributed by atoms with van der Waals surface area (Å²) in [5.41, 5.74) is 4.07. The smallest absolute Gasteiger partial charge is 0.184 e. The maximum absolute atomic E-state index is 12.8. The number of carbonyl (C=O) groups is 2. The highest BCUT2D eigenvalue weighted by atomic mass is 16.1. The van der Waals surface area contributed by atoms with E-state index in [9.17, 15) is 20.1 Å². The van der Waals surface area contributed by atoms with Crippen LogP contribution in [0.2, 0.25) is 0 Å². The molecule has 0 aliphatic rings. The lowest BCUT2D eigenvalue weighted by Gasteiger charge is -2.11. The highest BCUT2D eigenvalue weighted by Crippen LogP contribution is 2.24. The van der Waals surface area contributed by atoms with E-state index in [-0.39, 0.29) is 11.6 Å². The Balaban J connectivity index is 1.82. The third-order valence-electron chi connectivity index (χ3n) is 5.06. The summed E-state index contributed by atoms with van der Waals surface area (Å²) in [6.45, 7) is 3.88. The van der Waals surface area contributed by atoms with Gasteiger partial charge >= 0.3 is 0 Å². The number of ketones is 2. The van der Waals surface area contributed by atoms with E-state index < -0.39 is 11.8 Å². The molecule has 0 aliphatic carbocycles. The van der Waals surface area contributed by atoms with Gasteiger partial charge in [0, 0.05) is 11.1 Å². The number of carbonyl (C=O) groups excluding carboxylic acids is 2. The second kappa shape index (κ2) is 8.99. The van der Waals surface area contributed by atoms with Crippen molar-refractivity contribution in [2.24, 2.45) is 0 Å². The van der Waals surface area contributed by atoms with Crippen LogP contribution in [-0.4, -0.2) is 11.6 Å². The first-order valence-corrected chi connectivity index (χ1v) is 9.55. The van der Waals surface area contributed by atoms with Crippen LogP contribution < -0.4 is 0 Å². The molecule has 0 aromatic heterocycles. The van der Waals surface area contributed by atoms with E-state index in [0.29, 0.717) is 22.3 Å². The maximum Gasteiger partial charge on any atom is 0.184 e. The van der Waals surface area contributed by atoms with E-state index in [0.717, 1.165) is 11.1 Å². The monoisotopic (exact) mass is 392 g/mol. The van der Waals surface area contributed by atoms with Crippen LogP contribution in [0.3, 0.4) is 0 Å². The van der Waals surface area contributed by atoms with Crippen molar-refractivity contribution in [1.82, 2.24) is 0 Å². The number of hydrogen-bond acceptors (Lipinski definition) is 4. The summed E-state index contributed by atoms with van der Waals surface area (Å²) in [7, 11) is 0. The van der Waals surface area contributed by atoms with Gasteiger partial charge < -0.3 is 0 Å². The lowest BCUT2D eigenvalue weighted by atomic mass is 9.88. The van der Waals surface area contributed by atoms with Crippen molar-refractivity contribution < 1.29 is 9.59 Å². The molecule has 0 saturated carbocycles. The van der Waals surface area contributed by atoms with Gasteiger partial charge in [0.15, 0.2) is 11.6 Å². The summed E-state index contributed by atoms with van der Waals surface area (Å²) in [6.07, 6.45) is 0. The Labute approximate surface area is 176 Å². The number of nitriles is 2. The number of aryl methyl sites for hydroxylation is 2. The second-order valence-electron chi connectivity index (χ2n) is 7.25. The van der Waals surface area contributed by atoms with Gasteiger partial charge in [-0.05, 0) is 25.0 Å². The van der Waals surface area contributed by atoms with Gasteiger partial charge in [0.2, 0.25) is 0 Å². The number of benzene rings is 3. The molecule has 4 heteroatoms. The zero-order valence-electron chi connectivity index (χ0n) is 16.8. The molecule has 3 aromatic rings. The number of hydrogen-bond donors (Lipinski definition) is 0. The number of Topliss-reactive ketones (excluding diaryl/α,β-unsaturated/α-hetero) is 2. The van der Waals surface area contributed by atoms with Gasteiger partial charge in [-0.15, -0.1) is 0 Å². The van der Waals surface area contributed by atoms with Crippen LogP contribution in [0.25, 0.3) is 0 Å². The highest BCUT2D eigenvalue weighted by Gasteiger charge is 2.24. The van der Waals surface area contributed by atoms with Gasteiger partial charge in [0.25, 0.3) is 0 Å². The summed E-state index contributed by atoms with van der Waals surface area (Å²) in [4.78, 5) is 25.7. The SMILES string of the molecule is Cc1ccc(C(C#N)C(=O)c2ccc(C(=O)C(C#N)c3ccc(C)cc3)cc2)cc1. The quantitative estimate of drug-likeness (QED) is 0.534. The van der Waals surface area contributed by atoms with Crippen molar-refractivity contribution in [3.8, 4) is 12.1 Å². The molecule has 3 aromatic carbocycles. The van der Waals surface area contributed by atoms with Crippen molar-refractivity contribution in [2.45, 2.75) is 25.7 Å². The van der Waals surface area contributed by atoms with Crippen molar-refractivity contribution >= 4 is 11.6 Å². The first-order valence-electron chi connectivity index (χ1n) is 9.55. The molecule has 2 unspecified atom stereocenters. The van der Waals surface area contributed by atoms with Gasteiger partial charge in [-0.1, -0.05) is 83.9 Å². The Morgan fingerprint density at radius 1 is 0.600 bits per heavy atom.